The minimum absolute atomic E-state index is 0.0301. The van der Waals surface area contributed by atoms with Crippen molar-refractivity contribution in [3.8, 4) is 11.9 Å². The van der Waals surface area contributed by atoms with Crippen LogP contribution in [0.25, 0.3) is 0 Å². The van der Waals surface area contributed by atoms with Crippen molar-refractivity contribution in [3.63, 3.8) is 0 Å². The van der Waals surface area contributed by atoms with Crippen molar-refractivity contribution >= 4 is 0 Å². The van der Waals surface area contributed by atoms with Gasteiger partial charge in [-0.25, -0.2) is 4.98 Å². The molecule has 14 heavy (non-hydrogen) atoms. The van der Waals surface area contributed by atoms with E-state index in [0.717, 1.165) is 5.56 Å². The minimum Gasteiger partial charge on any atom is -0.481 e. The number of rotatable bonds is 2. The smallest absolute Gasteiger partial charge is 0.319 e. The molecule has 1 aromatic rings. The highest BCUT2D eigenvalue weighted by atomic mass is 16.5. The molecule has 0 fully saturated rings. The van der Waals surface area contributed by atoms with Crippen LogP contribution < -0.4 is 9.47 Å². The lowest BCUT2D eigenvalue weighted by atomic mass is 9.89. The monoisotopic (exact) mass is 196 g/mol. The van der Waals surface area contributed by atoms with E-state index < -0.39 is 0 Å². The topological polar surface area (TPSA) is 44.2 Å². The van der Waals surface area contributed by atoms with Gasteiger partial charge in [-0.1, -0.05) is 20.8 Å². The SMILES string of the molecule is COc1ncc(C(C)(C)C)c(OC)n1. The highest BCUT2D eigenvalue weighted by molar-refractivity contribution is 5.31. The number of nitrogens with zero attached hydrogens (tertiary/aromatic N) is 2. The highest BCUT2D eigenvalue weighted by Crippen LogP contribution is 2.29. The zero-order chi connectivity index (χ0) is 10.8. The molecule has 1 heterocycles. The Morgan fingerprint density at radius 2 is 1.79 bits per heavy atom. The van der Waals surface area contributed by atoms with Crippen molar-refractivity contribution in [2.24, 2.45) is 0 Å². The van der Waals surface area contributed by atoms with Crippen LogP contribution in [0.5, 0.6) is 11.9 Å². The predicted molar refractivity (Wildman–Crippen MR) is 53.8 cm³/mol. The average Bonchev–Trinajstić information content (AvgIpc) is 2.15. The van der Waals surface area contributed by atoms with Crippen LogP contribution >= 0.6 is 0 Å². The number of methoxy groups -OCH3 is 2. The summed E-state index contributed by atoms with van der Waals surface area (Å²) in [4.78, 5) is 8.18. The van der Waals surface area contributed by atoms with Gasteiger partial charge >= 0.3 is 6.01 Å². The molecule has 4 heteroatoms. The van der Waals surface area contributed by atoms with Gasteiger partial charge in [0.15, 0.2) is 0 Å². The van der Waals surface area contributed by atoms with Crippen LogP contribution in [-0.2, 0) is 5.41 Å². The molecule has 1 aromatic heterocycles. The third-order valence-electron chi connectivity index (χ3n) is 1.92. The Morgan fingerprint density at radius 1 is 1.14 bits per heavy atom. The van der Waals surface area contributed by atoms with Gasteiger partial charge in [0, 0.05) is 11.8 Å². The van der Waals surface area contributed by atoms with Crippen LogP contribution in [0.3, 0.4) is 0 Å². The van der Waals surface area contributed by atoms with Crippen molar-refractivity contribution in [3.05, 3.63) is 11.8 Å². The van der Waals surface area contributed by atoms with Crippen LogP contribution in [0.4, 0.5) is 0 Å². The van der Waals surface area contributed by atoms with E-state index >= 15 is 0 Å². The number of hydrogen-bond donors (Lipinski definition) is 0. The van der Waals surface area contributed by atoms with Crippen molar-refractivity contribution in [1.82, 2.24) is 9.97 Å². The van der Waals surface area contributed by atoms with E-state index in [9.17, 15) is 0 Å². The van der Waals surface area contributed by atoms with Gasteiger partial charge in [0.05, 0.1) is 14.2 Å². The van der Waals surface area contributed by atoms with E-state index in [1.54, 1.807) is 13.3 Å². The molecule has 0 amide bonds. The molecule has 0 saturated heterocycles. The second-order valence-corrected chi connectivity index (χ2v) is 4.03. The molecule has 4 nitrogen and oxygen atoms in total. The maximum atomic E-state index is 5.18. The Morgan fingerprint density at radius 3 is 2.21 bits per heavy atom. The molecule has 0 aliphatic carbocycles. The molecule has 0 aliphatic rings. The molecule has 0 N–H and O–H groups in total. The van der Waals surface area contributed by atoms with Crippen molar-refractivity contribution in [1.29, 1.82) is 0 Å². The zero-order valence-corrected chi connectivity index (χ0v) is 9.29. The second-order valence-electron chi connectivity index (χ2n) is 4.03. The maximum Gasteiger partial charge on any atom is 0.319 e. The predicted octanol–water partition coefficient (Wildman–Crippen LogP) is 1.79. The Balaban J connectivity index is 3.18. The summed E-state index contributed by atoms with van der Waals surface area (Å²) in [6.45, 7) is 6.25. The molecular formula is C10H16N2O2. The Bertz CT molecular complexity index is 318. The average molecular weight is 196 g/mol. The zero-order valence-electron chi connectivity index (χ0n) is 9.29. The largest absolute Gasteiger partial charge is 0.481 e. The summed E-state index contributed by atoms with van der Waals surface area (Å²) in [5, 5.41) is 0. The molecule has 0 bridgehead atoms. The van der Waals surface area contributed by atoms with Gasteiger partial charge in [-0.3, -0.25) is 0 Å². The van der Waals surface area contributed by atoms with Gasteiger partial charge in [0.2, 0.25) is 5.88 Å². The molecule has 0 saturated carbocycles. The number of ether oxygens (including phenoxy) is 2. The van der Waals surface area contributed by atoms with E-state index in [2.05, 4.69) is 30.7 Å². The first-order valence-electron chi connectivity index (χ1n) is 4.44. The molecule has 0 spiro atoms. The quantitative estimate of drug-likeness (QED) is 0.723. The van der Waals surface area contributed by atoms with Crippen molar-refractivity contribution in [2.45, 2.75) is 26.2 Å². The molecule has 0 aromatic carbocycles. The van der Waals surface area contributed by atoms with Crippen LogP contribution in [0.2, 0.25) is 0 Å². The van der Waals surface area contributed by atoms with Gasteiger partial charge in [0.1, 0.15) is 0 Å². The van der Waals surface area contributed by atoms with Crippen LogP contribution in [0.15, 0.2) is 6.20 Å². The lowest BCUT2D eigenvalue weighted by Gasteiger charge is -2.20. The Labute approximate surface area is 84.3 Å². The van der Waals surface area contributed by atoms with Gasteiger partial charge in [0.25, 0.3) is 0 Å². The van der Waals surface area contributed by atoms with E-state index in [1.807, 2.05) is 0 Å². The standard InChI is InChI=1S/C10H16N2O2/c1-10(2,3)7-6-11-9(14-5)12-8(7)13-4/h6H,1-5H3. The summed E-state index contributed by atoms with van der Waals surface area (Å²) < 4.78 is 10.1. The third kappa shape index (κ3) is 2.13. The molecule has 0 atom stereocenters. The van der Waals surface area contributed by atoms with E-state index in [4.69, 9.17) is 9.47 Å². The molecule has 78 valence electrons. The molecule has 1 rings (SSSR count). The van der Waals surface area contributed by atoms with Gasteiger partial charge in [-0.05, 0) is 5.41 Å². The number of hydrogen-bond acceptors (Lipinski definition) is 4. The minimum atomic E-state index is -0.0301. The van der Waals surface area contributed by atoms with Gasteiger partial charge < -0.3 is 9.47 Å². The first-order valence-corrected chi connectivity index (χ1v) is 4.44. The fourth-order valence-corrected chi connectivity index (χ4v) is 1.12. The van der Waals surface area contributed by atoms with Crippen molar-refractivity contribution in [2.75, 3.05) is 14.2 Å². The van der Waals surface area contributed by atoms with Crippen LogP contribution in [-0.4, -0.2) is 24.2 Å². The molecule has 0 radical (unpaired) electrons. The van der Waals surface area contributed by atoms with Crippen LogP contribution in [0, 0.1) is 0 Å². The van der Waals surface area contributed by atoms with Gasteiger partial charge in [-0.2, -0.15) is 4.98 Å². The van der Waals surface area contributed by atoms with E-state index in [-0.39, 0.29) is 5.41 Å². The highest BCUT2D eigenvalue weighted by Gasteiger charge is 2.21. The summed E-state index contributed by atoms with van der Waals surface area (Å²) in [6.07, 6.45) is 1.74. The second kappa shape index (κ2) is 3.82. The summed E-state index contributed by atoms with van der Waals surface area (Å²) in [5.74, 6) is 0.573. The number of aromatic nitrogens is 2. The van der Waals surface area contributed by atoms with Crippen molar-refractivity contribution < 1.29 is 9.47 Å². The summed E-state index contributed by atoms with van der Waals surface area (Å²) in [5.41, 5.74) is 0.943. The van der Waals surface area contributed by atoms with E-state index in [0.29, 0.717) is 11.9 Å². The fourth-order valence-electron chi connectivity index (χ4n) is 1.12. The van der Waals surface area contributed by atoms with E-state index in [1.165, 1.54) is 7.11 Å². The first-order chi connectivity index (χ1) is 6.49. The lowest BCUT2D eigenvalue weighted by Crippen LogP contribution is -2.14. The lowest BCUT2D eigenvalue weighted by molar-refractivity contribution is 0.342. The summed E-state index contributed by atoms with van der Waals surface area (Å²) in [7, 11) is 3.13. The first kappa shape index (κ1) is 10.8. The van der Waals surface area contributed by atoms with Crippen LogP contribution in [0.1, 0.15) is 26.3 Å². The fraction of sp³-hybridized carbons (Fsp3) is 0.600. The molecular weight excluding hydrogens is 180 g/mol. The third-order valence-corrected chi connectivity index (χ3v) is 1.92. The van der Waals surface area contributed by atoms with Gasteiger partial charge in [-0.15, -0.1) is 0 Å². The maximum absolute atomic E-state index is 5.18. The molecule has 0 aliphatic heterocycles. The summed E-state index contributed by atoms with van der Waals surface area (Å²) >= 11 is 0. The normalized spacial score (nSPS) is 11.2. The Hall–Kier alpha value is -1.32. The Kier molecular flexibility index (Phi) is 2.93. The molecule has 0 unspecified atom stereocenters. The summed E-state index contributed by atoms with van der Waals surface area (Å²) in [6, 6.07) is 0.329.